The van der Waals surface area contributed by atoms with E-state index in [1.807, 2.05) is 12.3 Å². The number of carbonyl (C=O) groups excluding carboxylic acids is 2. The number of methoxy groups -OCH3 is 1. The fourth-order valence-electron chi connectivity index (χ4n) is 2.26. The van der Waals surface area contributed by atoms with Crippen LogP contribution in [0, 0.1) is 0 Å². The van der Waals surface area contributed by atoms with Crippen LogP contribution in [0.15, 0.2) is 67.0 Å². The van der Waals surface area contributed by atoms with Crippen molar-refractivity contribution in [2.24, 2.45) is 0 Å². The van der Waals surface area contributed by atoms with E-state index in [0.717, 1.165) is 5.69 Å². The van der Waals surface area contributed by atoms with E-state index in [2.05, 4.69) is 10.4 Å². The highest BCUT2D eigenvalue weighted by Gasteiger charge is 2.14. The number of esters is 1. The van der Waals surface area contributed by atoms with Gasteiger partial charge < -0.3 is 10.1 Å². The molecule has 0 bridgehead atoms. The van der Waals surface area contributed by atoms with Crippen LogP contribution in [-0.4, -0.2) is 28.8 Å². The molecule has 0 saturated carbocycles. The first kappa shape index (κ1) is 15.5. The highest BCUT2D eigenvalue weighted by Crippen LogP contribution is 2.17. The van der Waals surface area contributed by atoms with Gasteiger partial charge in [0, 0.05) is 18.0 Å². The molecule has 1 N–H and O–H groups in total. The minimum absolute atomic E-state index is 0.307. The summed E-state index contributed by atoms with van der Waals surface area (Å²) in [6.07, 6.45) is 3.51. The number of hydrogen-bond donors (Lipinski definition) is 1. The van der Waals surface area contributed by atoms with Gasteiger partial charge in [0.05, 0.1) is 24.0 Å². The average molecular weight is 321 g/mol. The van der Waals surface area contributed by atoms with Crippen molar-refractivity contribution in [3.8, 4) is 5.69 Å². The van der Waals surface area contributed by atoms with Crippen LogP contribution in [0.5, 0.6) is 0 Å². The number of carbonyl (C=O) groups is 2. The third kappa shape index (κ3) is 3.17. The summed E-state index contributed by atoms with van der Waals surface area (Å²) in [5.74, 6) is -0.807. The zero-order valence-corrected chi connectivity index (χ0v) is 13.0. The van der Waals surface area contributed by atoms with E-state index in [4.69, 9.17) is 4.74 Å². The summed E-state index contributed by atoms with van der Waals surface area (Å²) in [7, 11) is 1.30. The molecule has 0 spiro atoms. The van der Waals surface area contributed by atoms with Crippen molar-refractivity contribution in [1.82, 2.24) is 9.78 Å². The summed E-state index contributed by atoms with van der Waals surface area (Å²) < 4.78 is 6.42. The van der Waals surface area contributed by atoms with Crippen LogP contribution in [-0.2, 0) is 4.74 Å². The fourth-order valence-corrected chi connectivity index (χ4v) is 2.26. The molecule has 0 radical (unpaired) electrons. The van der Waals surface area contributed by atoms with Crippen molar-refractivity contribution in [2.75, 3.05) is 12.4 Å². The van der Waals surface area contributed by atoms with Crippen molar-refractivity contribution < 1.29 is 14.3 Å². The number of nitrogens with one attached hydrogen (secondary N) is 1. The summed E-state index contributed by atoms with van der Waals surface area (Å²) in [6, 6.07) is 15.5. The van der Waals surface area contributed by atoms with Gasteiger partial charge in [-0.15, -0.1) is 0 Å². The summed E-state index contributed by atoms with van der Waals surface area (Å²) >= 11 is 0. The van der Waals surface area contributed by atoms with Gasteiger partial charge in [0.15, 0.2) is 0 Å². The summed E-state index contributed by atoms with van der Waals surface area (Å²) in [4.78, 5) is 24.1. The number of nitrogens with zero attached hydrogens (tertiary/aromatic N) is 2. The van der Waals surface area contributed by atoms with Crippen LogP contribution in [0.25, 0.3) is 5.69 Å². The first-order chi connectivity index (χ1) is 11.7. The number of aromatic nitrogens is 2. The molecular formula is C18H15N3O3. The Balaban J connectivity index is 1.80. The van der Waals surface area contributed by atoms with Gasteiger partial charge in [0.1, 0.15) is 0 Å². The van der Waals surface area contributed by atoms with Crippen LogP contribution in [0.3, 0.4) is 0 Å². The van der Waals surface area contributed by atoms with Crippen LogP contribution in [0.1, 0.15) is 20.7 Å². The van der Waals surface area contributed by atoms with Crippen molar-refractivity contribution in [1.29, 1.82) is 0 Å². The van der Waals surface area contributed by atoms with Gasteiger partial charge in [-0.05, 0) is 42.5 Å². The Morgan fingerprint density at radius 3 is 2.46 bits per heavy atom. The predicted molar refractivity (Wildman–Crippen MR) is 89.3 cm³/mol. The molecule has 2 aromatic carbocycles. The lowest BCUT2D eigenvalue weighted by molar-refractivity contribution is 0.0602. The van der Waals surface area contributed by atoms with Gasteiger partial charge in [-0.1, -0.05) is 12.1 Å². The molecule has 6 heteroatoms. The molecule has 1 heterocycles. The lowest BCUT2D eigenvalue weighted by Crippen LogP contribution is -2.15. The van der Waals surface area contributed by atoms with E-state index < -0.39 is 5.97 Å². The van der Waals surface area contributed by atoms with Gasteiger partial charge in [-0.25, -0.2) is 9.48 Å². The van der Waals surface area contributed by atoms with Crippen LogP contribution in [0.4, 0.5) is 5.69 Å². The third-order valence-electron chi connectivity index (χ3n) is 3.48. The lowest BCUT2D eigenvalue weighted by Gasteiger charge is -2.10. The number of anilines is 1. The second-order valence-corrected chi connectivity index (χ2v) is 4.99. The molecule has 0 saturated heterocycles. The summed E-state index contributed by atoms with van der Waals surface area (Å²) in [5.41, 5.74) is 2.05. The maximum Gasteiger partial charge on any atom is 0.339 e. The molecule has 0 atom stereocenters. The zero-order chi connectivity index (χ0) is 16.9. The lowest BCUT2D eigenvalue weighted by atomic mass is 10.1. The predicted octanol–water partition coefficient (Wildman–Crippen LogP) is 2.91. The van der Waals surface area contributed by atoms with E-state index in [1.54, 1.807) is 59.4 Å². The largest absolute Gasteiger partial charge is 0.465 e. The Bertz CT molecular complexity index is 855. The molecule has 3 rings (SSSR count). The molecule has 1 amide bonds. The first-order valence-corrected chi connectivity index (χ1v) is 7.28. The minimum atomic E-state index is -0.500. The summed E-state index contributed by atoms with van der Waals surface area (Å²) in [5, 5.41) is 6.87. The number of benzene rings is 2. The topological polar surface area (TPSA) is 73.2 Å². The normalized spacial score (nSPS) is 10.2. The molecule has 0 aliphatic heterocycles. The highest BCUT2D eigenvalue weighted by atomic mass is 16.5. The van der Waals surface area contributed by atoms with E-state index in [-0.39, 0.29) is 5.91 Å². The fraction of sp³-hybridized carbons (Fsp3) is 0.0556. The number of hydrogen-bond acceptors (Lipinski definition) is 4. The van der Waals surface area contributed by atoms with E-state index in [9.17, 15) is 9.59 Å². The Morgan fingerprint density at radius 1 is 1.04 bits per heavy atom. The Morgan fingerprint density at radius 2 is 1.79 bits per heavy atom. The second kappa shape index (κ2) is 6.78. The smallest absolute Gasteiger partial charge is 0.339 e. The second-order valence-electron chi connectivity index (χ2n) is 4.99. The molecule has 6 nitrogen and oxygen atoms in total. The zero-order valence-electron chi connectivity index (χ0n) is 13.0. The van der Waals surface area contributed by atoms with Crippen molar-refractivity contribution >= 4 is 17.6 Å². The van der Waals surface area contributed by atoms with E-state index in [1.165, 1.54) is 7.11 Å². The molecule has 24 heavy (non-hydrogen) atoms. The molecule has 0 aliphatic carbocycles. The highest BCUT2D eigenvalue weighted by molar-refractivity contribution is 6.08. The number of para-hydroxylation sites is 1. The van der Waals surface area contributed by atoms with Crippen molar-refractivity contribution in [2.45, 2.75) is 0 Å². The standard InChI is InChI=1S/C18H15N3O3/c1-24-18(23)15-5-2-3-6-16(15)20-17(22)13-7-9-14(10-8-13)21-12-4-11-19-21/h2-12H,1H3,(H,20,22). The van der Waals surface area contributed by atoms with Crippen LogP contribution in [0.2, 0.25) is 0 Å². The molecule has 0 fully saturated rings. The number of ether oxygens (including phenoxy) is 1. The van der Waals surface area contributed by atoms with Crippen molar-refractivity contribution in [3.05, 3.63) is 78.1 Å². The monoisotopic (exact) mass is 321 g/mol. The van der Waals surface area contributed by atoms with Crippen LogP contribution < -0.4 is 5.32 Å². The van der Waals surface area contributed by atoms with E-state index >= 15 is 0 Å². The maximum atomic E-state index is 12.4. The average Bonchev–Trinajstić information content (AvgIpc) is 3.16. The Labute approximate surface area is 138 Å². The molecule has 3 aromatic rings. The minimum Gasteiger partial charge on any atom is -0.465 e. The van der Waals surface area contributed by atoms with E-state index in [0.29, 0.717) is 16.8 Å². The van der Waals surface area contributed by atoms with Crippen molar-refractivity contribution in [3.63, 3.8) is 0 Å². The third-order valence-corrected chi connectivity index (χ3v) is 3.48. The van der Waals surface area contributed by atoms with Gasteiger partial charge in [-0.3, -0.25) is 4.79 Å². The molecule has 0 unspecified atom stereocenters. The number of amides is 1. The van der Waals surface area contributed by atoms with Gasteiger partial charge in [0.25, 0.3) is 5.91 Å². The summed E-state index contributed by atoms with van der Waals surface area (Å²) in [6.45, 7) is 0. The molecular weight excluding hydrogens is 306 g/mol. The number of rotatable bonds is 4. The van der Waals surface area contributed by atoms with Gasteiger partial charge in [-0.2, -0.15) is 5.10 Å². The van der Waals surface area contributed by atoms with Gasteiger partial charge >= 0.3 is 5.97 Å². The maximum absolute atomic E-state index is 12.4. The Hall–Kier alpha value is -3.41. The Kier molecular flexibility index (Phi) is 4.38. The SMILES string of the molecule is COC(=O)c1ccccc1NC(=O)c1ccc(-n2cccn2)cc1. The van der Waals surface area contributed by atoms with Gasteiger partial charge in [0.2, 0.25) is 0 Å². The molecule has 120 valence electrons. The molecule has 0 aliphatic rings. The first-order valence-electron chi connectivity index (χ1n) is 7.28. The van der Waals surface area contributed by atoms with Crippen LogP contribution >= 0.6 is 0 Å². The molecule has 1 aromatic heterocycles. The quantitative estimate of drug-likeness (QED) is 0.750.